The minimum Gasteiger partial charge on any atom is -0.279 e. The van der Waals surface area contributed by atoms with Gasteiger partial charge in [-0.15, -0.1) is 0 Å². The zero-order chi connectivity index (χ0) is 23.2. The van der Waals surface area contributed by atoms with E-state index in [1.165, 1.54) is 44.2 Å². The first-order valence-electron chi connectivity index (χ1n) is 11.8. The van der Waals surface area contributed by atoms with E-state index in [9.17, 15) is 0 Å². The van der Waals surface area contributed by atoms with E-state index in [0.717, 1.165) is 11.4 Å². The molecule has 0 unspecified atom stereocenters. The van der Waals surface area contributed by atoms with E-state index in [4.69, 9.17) is 0 Å². The van der Waals surface area contributed by atoms with Crippen molar-refractivity contribution in [3.8, 4) is 33.4 Å². The SMILES string of the molecule is c1ccc(N(c2ccc(-c3ccc4c5c(cccc35)-c3ccccc3-4)cc2)c2ncccn2)cc1. The molecule has 0 atom stereocenters. The van der Waals surface area contributed by atoms with Crippen LogP contribution in [0.15, 0.2) is 128 Å². The van der Waals surface area contributed by atoms with E-state index >= 15 is 0 Å². The van der Waals surface area contributed by atoms with Crippen molar-refractivity contribution in [2.75, 3.05) is 4.90 Å². The van der Waals surface area contributed by atoms with Gasteiger partial charge in [0.1, 0.15) is 0 Å². The van der Waals surface area contributed by atoms with Gasteiger partial charge in [0.15, 0.2) is 0 Å². The largest absolute Gasteiger partial charge is 0.279 e. The number of fused-ring (bicyclic) bond motifs is 3. The first kappa shape index (κ1) is 19.7. The molecule has 0 radical (unpaired) electrons. The average Bonchev–Trinajstić information content (AvgIpc) is 3.26. The summed E-state index contributed by atoms with van der Waals surface area (Å²) >= 11 is 0. The van der Waals surface area contributed by atoms with Crippen LogP contribution in [-0.2, 0) is 0 Å². The first-order valence-corrected chi connectivity index (χ1v) is 11.8. The summed E-state index contributed by atoms with van der Waals surface area (Å²) in [6.07, 6.45) is 3.55. The molecule has 0 saturated heterocycles. The summed E-state index contributed by atoms with van der Waals surface area (Å²) in [5, 5.41) is 2.63. The number of nitrogens with zero attached hydrogens (tertiary/aromatic N) is 3. The van der Waals surface area contributed by atoms with Crippen LogP contribution in [0.25, 0.3) is 44.2 Å². The maximum Gasteiger partial charge on any atom is 0.234 e. The Morgan fingerprint density at radius 2 is 1.03 bits per heavy atom. The molecule has 7 rings (SSSR count). The van der Waals surface area contributed by atoms with Gasteiger partial charge in [-0.05, 0) is 74.5 Å². The minimum atomic E-state index is 0.648. The molecule has 164 valence electrons. The number of aromatic nitrogens is 2. The molecule has 1 heterocycles. The summed E-state index contributed by atoms with van der Waals surface area (Å²) in [6, 6.07) is 40.6. The van der Waals surface area contributed by atoms with Gasteiger partial charge < -0.3 is 0 Å². The Morgan fingerprint density at radius 3 is 1.77 bits per heavy atom. The lowest BCUT2D eigenvalue weighted by Crippen LogP contribution is -2.12. The molecule has 0 amide bonds. The standard InChI is InChI=1S/C32H21N3/c1-2-8-23(9-3-1)35(32-33-20-7-21-34-32)24-16-14-22(15-17-24)25-18-19-30-27-11-5-4-10-26(27)29-13-6-12-28(25)31(29)30/h1-21H. The van der Waals surface area contributed by atoms with Crippen LogP contribution >= 0.6 is 0 Å². The van der Waals surface area contributed by atoms with Crippen LogP contribution in [0.5, 0.6) is 0 Å². The Labute approximate surface area is 204 Å². The highest BCUT2D eigenvalue weighted by Crippen LogP contribution is 2.49. The van der Waals surface area contributed by atoms with E-state index in [-0.39, 0.29) is 0 Å². The molecule has 3 heteroatoms. The molecule has 6 aromatic rings. The van der Waals surface area contributed by atoms with Crippen LogP contribution in [0, 0.1) is 0 Å². The molecule has 1 aromatic heterocycles. The van der Waals surface area contributed by atoms with Crippen molar-refractivity contribution < 1.29 is 0 Å². The topological polar surface area (TPSA) is 29.0 Å². The number of anilines is 3. The highest BCUT2D eigenvalue weighted by molar-refractivity contribution is 6.18. The van der Waals surface area contributed by atoms with E-state index in [0.29, 0.717) is 5.95 Å². The van der Waals surface area contributed by atoms with Crippen LogP contribution in [0.1, 0.15) is 0 Å². The van der Waals surface area contributed by atoms with Gasteiger partial charge in [0, 0.05) is 23.8 Å². The summed E-state index contributed by atoms with van der Waals surface area (Å²) < 4.78 is 0. The Morgan fingerprint density at radius 1 is 0.429 bits per heavy atom. The van der Waals surface area contributed by atoms with Crippen LogP contribution in [0.4, 0.5) is 17.3 Å². The molecule has 1 aliphatic rings. The quantitative estimate of drug-likeness (QED) is 0.271. The minimum absolute atomic E-state index is 0.648. The van der Waals surface area contributed by atoms with E-state index in [1.807, 2.05) is 24.3 Å². The van der Waals surface area contributed by atoms with E-state index in [1.54, 1.807) is 12.4 Å². The monoisotopic (exact) mass is 447 g/mol. The lowest BCUT2D eigenvalue weighted by Gasteiger charge is -2.23. The number of rotatable bonds is 4. The summed E-state index contributed by atoms with van der Waals surface area (Å²) in [4.78, 5) is 11.1. The second-order valence-corrected chi connectivity index (χ2v) is 8.70. The molecular weight excluding hydrogens is 426 g/mol. The molecular formula is C32H21N3. The highest BCUT2D eigenvalue weighted by Gasteiger charge is 2.22. The van der Waals surface area contributed by atoms with Crippen molar-refractivity contribution in [2.45, 2.75) is 0 Å². The lowest BCUT2D eigenvalue weighted by atomic mass is 9.94. The molecule has 0 bridgehead atoms. The maximum atomic E-state index is 4.51. The Balaban J connectivity index is 1.34. The second kappa shape index (κ2) is 7.93. The van der Waals surface area contributed by atoms with Crippen LogP contribution < -0.4 is 4.90 Å². The molecule has 0 spiro atoms. The van der Waals surface area contributed by atoms with Gasteiger partial charge in [-0.25, -0.2) is 9.97 Å². The van der Waals surface area contributed by atoms with Crippen LogP contribution in [0.2, 0.25) is 0 Å². The smallest absolute Gasteiger partial charge is 0.234 e. The average molecular weight is 448 g/mol. The molecule has 35 heavy (non-hydrogen) atoms. The second-order valence-electron chi connectivity index (χ2n) is 8.70. The number of para-hydroxylation sites is 1. The van der Waals surface area contributed by atoms with Gasteiger partial charge in [0.05, 0.1) is 0 Å². The van der Waals surface area contributed by atoms with Crippen molar-refractivity contribution in [2.24, 2.45) is 0 Å². The number of hydrogen-bond acceptors (Lipinski definition) is 3. The summed E-state index contributed by atoms with van der Waals surface area (Å²) in [5.41, 5.74) is 9.76. The maximum absolute atomic E-state index is 4.51. The third kappa shape index (κ3) is 3.13. The lowest BCUT2D eigenvalue weighted by molar-refractivity contribution is 1.08. The number of benzene rings is 5. The third-order valence-electron chi connectivity index (χ3n) is 6.75. The Hall–Kier alpha value is -4.76. The molecule has 5 aromatic carbocycles. The fraction of sp³-hybridized carbons (Fsp3) is 0. The van der Waals surface area contributed by atoms with Gasteiger partial charge in [-0.2, -0.15) is 0 Å². The van der Waals surface area contributed by atoms with Gasteiger partial charge in [-0.3, -0.25) is 4.90 Å². The van der Waals surface area contributed by atoms with Crippen molar-refractivity contribution in [3.05, 3.63) is 128 Å². The van der Waals surface area contributed by atoms with Crippen molar-refractivity contribution in [1.82, 2.24) is 9.97 Å². The Bertz CT molecular complexity index is 1610. The summed E-state index contributed by atoms with van der Waals surface area (Å²) in [5.74, 6) is 0.648. The van der Waals surface area contributed by atoms with Crippen molar-refractivity contribution >= 4 is 28.1 Å². The molecule has 0 aliphatic heterocycles. The van der Waals surface area contributed by atoms with Gasteiger partial charge >= 0.3 is 0 Å². The number of hydrogen-bond donors (Lipinski definition) is 0. The zero-order valence-electron chi connectivity index (χ0n) is 19.0. The fourth-order valence-corrected chi connectivity index (χ4v) is 5.21. The molecule has 0 N–H and O–H groups in total. The van der Waals surface area contributed by atoms with Crippen molar-refractivity contribution in [1.29, 1.82) is 0 Å². The highest BCUT2D eigenvalue weighted by atomic mass is 15.3. The third-order valence-corrected chi connectivity index (χ3v) is 6.75. The van der Waals surface area contributed by atoms with Crippen LogP contribution in [0.3, 0.4) is 0 Å². The first-order chi connectivity index (χ1) is 17.4. The van der Waals surface area contributed by atoms with Crippen LogP contribution in [-0.4, -0.2) is 9.97 Å². The van der Waals surface area contributed by atoms with Gasteiger partial charge in [0.2, 0.25) is 5.95 Å². The summed E-state index contributed by atoms with van der Waals surface area (Å²) in [7, 11) is 0. The molecule has 3 nitrogen and oxygen atoms in total. The normalized spacial score (nSPS) is 11.4. The van der Waals surface area contributed by atoms with Crippen molar-refractivity contribution in [3.63, 3.8) is 0 Å². The summed E-state index contributed by atoms with van der Waals surface area (Å²) in [6.45, 7) is 0. The van der Waals surface area contributed by atoms with Gasteiger partial charge in [0.25, 0.3) is 0 Å². The van der Waals surface area contributed by atoms with Gasteiger partial charge in [-0.1, -0.05) is 84.9 Å². The predicted molar refractivity (Wildman–Crippen MR) is 144 cm³/mol. The zero-order valence-corrected chi connectivity index (χ0v) is 19.0. The fourth-order valence-electron chi connectivity index (χ4n) is 5.21. The Kier molecular flexibility index (Phi) is 4.46. The predicted octanol–water partition coefficient (Wildman–Crippen LogP) is 8.41. The molecule has 0 saturated carbocycles. The molecule has 1 aliphatic carbocycles. The van der Waals surface area contributed by atoms with E-state index in [2.05, 4.69) is 106 Å². The molecule has 0 fully saturated rings. The van der Waals surface area contributed by atoms with E-state index < -0.39 is 0 Å².